The second kappa shape index (κ2) is 6.40. The first-order chi connectivity index (χ1) is 10.4. The van der Waals surface area contributed by atoms with Crippen molar-refractivity contribution in [1.82, 2.24) is 0 Å². The Hall–Kier alpha value is -2.35. The van der Waals surface area contributed by atoms with Crippen molar-refractivity contribution < 1.29 is 0 Å². The highest BCUT2D eigenvalue weighted by Crippen LogP contribution is 2.32. The standard InChI is InChI=1S/C20H15P/c1-2-17-10-9-15-20(16-17)21(18-11-5-3-6-12-18)19-13-7-4-8-14-19/h1,3-16H. The van der Waals surface area contributed by atoms with Crippen molar-refractivity contribution in [1.29, 1.82) is 0 Å². The zero-order valence-electron chi connectivity index (χ0n) is 11.6. The maximum Gasteiger partial charge on any atom is 0.0249 e. The Morgan fingerprint density at radius 3 is 1.67 bits per heavy atom. The van der Waals surface area contributed by atoms with Gasteiger partial charge in [-0.25, -0.2) is 0 Å². The van der Waals surface area contributed by atoms with E-state index in [0.717, 1.165) is 5.56 Å². The third-order valence-corrected chi connectivity index (χ3v) is 5.72. The second-order valence-corrected chi connectivity index (χ2v) is 6.92. The van der Waals surface area contributed by atoms with Crippen LogP contribution in [-0.4, -0.2) is 0 Å². The predicted octanol–water partition coefficient (Wildman–Crippen LogP) is 3.43. The molecule has 0 radical (unpaired) electrons. The molecule has 0 bridgehead atoms. The molecule has 0 aromatic heterocycles. The van der Waals surface area contributed by atoms with Gasteiger partial charge in [0.05, 0.1) is 0 Å². The van der Waals surface area contributed by atoms with Crippen LogP contribution in [0.25, 0.3) is 0 Å². The highest BCUT2D eigenvalue weighted by Gasteiger charge is 2.15. The van der Waals surface area contributed by atoms with E-state index in [1.807, 2.05) is 12.1 Å². The fourth-order valence-electron chi connectivity index (χ4n) is 2.34. The minimum atomic E-state index is -0.563. The molecule has 0 saturated carbocycles. The third-order valence-electron chi connectivity index (χ3n) is 3.30. The Balaban J connectivity index is 2.15. The van der Waals surface area contributed by atoms with E-state index >= 15 is 0 Å². The van der Waals surface area contributed by atoms with E-state index in [9.17, 15) is 0 Å². The molecule has 3 rings (SSSR count). The molecule has 0 N–H and O–H groups in total. The van der Waals surface area contributed by atoms with Crippen LogP contribution in [0.4, 0.5) is 0 Å². The summed E-state index contributed by atoms with van der Waals surface area (Å²) < 4.78 is 0. The molecule has 0 aliphatic carbocycles. The molecule has 0 spiro atoms. The van der Waals surface area contributed by atoms with Crippen LogP contribution in [0.15, 0.2) is 84.9 Å². The molecule has 1 heteroatoms. The second-order valence-electron chi connectivity index (χ2n) is 4.70. The Kier molecular flexibility index (Phi) is 4.15. The van der Waals surface area contributed by atoms with Gasteiger partial charge >= 0.3 is 0 Å². The summed E-state index contributed by atoms with van der Waals surface area (Å²) in [6, 6.07) is 29.6. The van der Waals surface area contributed by atoms with E-state index in [2.05, 4.69) is 78.7 Å². The molecule has 0 aliphatic heterocycles. The van der Waals surface area contributed by atoms with Gasteiger partial charge in [0.15, 0.2) is 0 Å². The fourth-order valence-corrected chi connectivity index (χ4v) is 4.67. The minimum Gasteiger partial charge on any atom is -0.115 e. The maximum atomic E-state index is 5.55. The average Bonchev–Trinajstić information content (AvgIpc) is 2.57. The highest BCUT2D eigenvalue weighted by atomic mass is 31.1. The molecule has 0 heterocycles. The fraction of sp³-hybridized carbons (Fsp3) is 0. The van der Waals surface area contributed by atoms with Crippen molar-refractivity contribution in [3.05, 3.63) is 90.5 Å². The van der Waals surface area contributed by atoms with E-state index in [1.54, 1.807) is 0 Å². The van der Waals surface area contributed by atoms with Crippen LogP contribution in [0.2, 0.25) is 0 Å². The first kappa shape index (κ1) is 13.6. The van der Waals surface area contributed by atoms with Gasteiger partial charge in [-0.2, -0.15) is 0 Å². The number of rotatable bonds is 3. The average molecular weight is 286 g/mol. The first-order valence-electron chi connectivity index (χ1n) is 6.85. The lowest BCUT2D eigenvalue weighted by Gasteiger charge is -2.19. The smallest absolute Gasteiger partial charge is 0.0249 e. The number of terminal acetylenes is 1. The van der Waals surface area contributed by atoms with E-state index in [4.69, 9.17) is 6.42 Å². The summed E-state index contributed by atoms with van der Waals surface area (Å²) in [6.07, 6.45) is 5.55. The summed E-state index contributed by atoms with van der Waals surface area (Å²) in [5.74, 6) is 2.74. The zero-order valence-corrected chi connectivity index (χ0v) is 12.5. The topological polar surface area (TPSA) is 0 Å². The van der Waals surface area contributed by atoms with Crippen LogP contribution in [0.1, 0.15) is 5.56 Å². The van der Waals surface area contributed by atoms with Gasteiger partial charge in [-0.05, 0) is 36.0 Å². The van der Waals surface area contributed by atoms with Crippen LogP contribution in [0, 0.1) is 12.3 Å². The van der Waals surface area contributed by atoms with Crippen LogP contribution in [0.3, 0.4) is 0 Å². The summed E-state index contributed by atoms with van der Waals surface area (Å²) in [5.41, 5.74) is 0.937. The minimum absolute atomic E-state index is 0.563. The zero-order chi connectivity index (χ0) is 14.5. The van der Waals surface area contributed by atoms with E-state index in [-0.39, 0.29) is 0 Å². The normalized spacial score (nSPS) is 10.3. The van der Waals surface area contributed by atoms with Gasteiger partial charge in [0.25, 0.3) is 0 Å². The molecule has 0 amide bonds. The van der Waals surface area contributed by atoms with Crippen LogP contribution < -0.4 is 15.9 Å². The Morgan fingerprint density at radius 1 is 0.619 bits per heavy atom. The van der Waals surface area contributed by atoms with E-state index in [0.29, 0.717) is 0 Å². The van der Waals surface area contributed by atoms with Crippen LogP contribution in [-0.2, 0) is 0 Å². The Labute approximate surface area is 127 Å². The Morgan fingerprint density at radius 2 is 1.14 bits per heavy atom. The summed E-state index contributed by atoms with van der Waals surface area (Å²) in [4.78, 5) is 0. The van der Waals surface area contributed by atoms with Crippen molar-refractivity contribution in [2.45, 2.75) is 0 Å². The number of hydrogen-bond acceptors (Lipinski definition) is 0. The van der Waals surface area contributed by atoms with Gasteiger partial charge in [-0.1, -0.05) is 78.7 Å². The van der Waals surface area contributed by atoms with Crippen LogP contribution in [0.5, 0.6) is 0 Å². The molecular formula is C20H15P. The quantitative estimate of drug-likeness (QED) is 0.511. The molecule has 21 heavy (non-hydrogen) atoms. The molecular weight excluding hydrogens is 271 g/mol. The highest BCUT2D eigenvalue weighted by molar-refractivity contribution is 7.79. The Bertz CT molecular complexity index is 715. The monoisotopic (exact) mass is 286 g/mol. The molecule has 3 aromatic carbocycles. The summed E-state index contributed by atoms with van der Waals surface area (Å²) in [5, 5.41) is 3.97. The molecule has 0 atom stereocenters. The molecule has 0 saturated heterocycles. The molecule has 100 valence electrons. The van der Waals surface area contributed by atoms with Gasteiger partial charge in [0.1, 0.15) is 0 Å². The third kappa shape index (κ3) is 3.05. The van der Waals surface area contributed by atoms with Gasteiger partial charge in [-0.15, -0.1) is 6.42 Å². The summed E-state index contributed by atoms with van der Waals surface area (Å²) in [6.45, 7) is 0. The van der Waals surface area contributed by atoms with Crippen molar-refractivity contribution in [3.63, 3.8) is 0 Å². The lowest BCUT2D eigenvalue weighted by atomic mass is 10.2. The number of benzene rings is 3. The summed E-state index contributed by atoms with van der Waals surface area (Å²) in [7, 11) is -0.563. The molecule has 0 nitrogen and oxygen atoms in total. The van der Waals surface area contributed by atoms with Gasteiger partial charge in [0, 0.05) is 5.56 Å². The molecule has 3 aromatic rings. The van der Waals surface area contributed by atoms with Crippen molar-refractivity contribution in [2.75, 3.05) is 0 Å². The van der Waals surface area contributed by atoms with Crippen LogP contribution >= 0.6 is 7.92 Å². The summed E-state index contributed by atoms with van der Waals surface area (Å²) >= 11 is 0. The SMILES string of the molecule is C#Cc1cccc(P(c2ccccc2)c2ccccc2)c1. The van der Waals surface area contributed by atoms with Gasteiger partial charge in [0.2, 0.25) is 0 Å². The molecule has 0 fully saturated rings. The van der Waals surface area contributed by atoms with Crippen molar-refractivity contribution >= 4 is 23.8 Å². The van der Waals surface area contributed by atoms with Gasteiger partial charge < -0.3 is 0 Å². The van der Waals surface area contributed by atoms with Gasteiger partial charge in [-0.3, -0.25) is 0 Å². The van der Waals surface area contributed by atoms with Crippen molar-refractivity contribution in [2.24, 2.45) is 0 Å². The largest absolute Gasteiger partial charge is 0.115 e. The van der Waals surface area contributed by atoms with E-state index in [1.165, 1.54) is 15.9 Å². The predicted molar refractivity (Wildman–Crippen MR) is 93.1 cm³/mol. The van der Waals surface area contributed by atoms with Crippen molar-refractivity contribution in [3.8, 4) is 12.3 Å². The van der Waals surface area contributed by atoms with E-state index < -0.39 is 7.92 Å². The lowest BCUT2D eigenvalue weighted by molar-refractivity contribution is 1.69. The maximum absolute atomic E-state index is 5.55. The number of hydrogen-bond donors (Lipinski definition) is 0. The first-order valence-corrected chi connectivity index (χ1v) is 8.19. The molecule has 0 aliphatic rings. The molecule has 0 unspecified atom stereocenters. The lowest BCUT2D eigenvalue weighted by Crippen LogP contribution is -2.20.